The molecule has 0 radical (unpaired) electrons. The van der Waals surface area contributed by atoms with Crippen LogP contribution in [0.5, 0.6) is 0 Å². The molecular weight excluding hydrogens is 208 g/mol. The second kappa shape index (κ2) is 3.54. The third kappa shape index (κ3) is 2.17. The van der Waals surface area contributed by atoms with Gasteiger partial charge in [-0.25, -0.2) is 0 Å². The number of carbonyl (C=O) groups excluding carboxylic acids is 1. The molecule has 3 nitrogen and oxygen atoms in total. The minimum Gasteiger partial charge on any atom is -0.340 e. The van der Waals surface area contributed by atoms with Crippen LogP contribution < -0.4 is 5.73 Å². The Hall–Kier alpha value is -0.0900. The van der Waals surface area contributed by atoms with Gasteiger partial charge in [-0.1, -0.05) is 15.9 Å². The Kier molecular flexibility index (Phi) is 2.90. The van der Waals surface area contributed by atoms with Gasteiger partial charge in [0, 0.05) is 17.9 Å². The molecule has 1 aliphatic rings. The molecule has 0 aromatic rings. The van der Waals surface area contributed by atoms with Crippen LogP contribution in [-0.4, -0.2) is 34.8 Å². The van der Waals surface area contributed by atoms with Crippen LogP contribution in [0.3, 0.4) is 0 Å². The zero-order valence-electron chi connectivity index (χ0n) is 6.59. The number of alkyl halides is 1. The molecule has 1 rings (SSSR count). The van der Waals surface area contributed by atoms with Crippen LogP contribution in [0.2, 0.25) is 0 Å². The molecule has 64 valence electrons. The lowest BCUT2D eigenvalue weighted by Gasteiger charge is -2.17. The molecule has 1 aliphatic heterocycles. The van der Waals surface area contributed by atoms with Crippen LogP contribution in [0.15, 0.2) is 0 Å². The van der Waals surface area contributed by atoms with Crippen molar-refractivity contribution in [1.82, 2.24) is 4.90 Å². The van der Waals surface area contributed by atoms with Gasteiger partial charge < -0.3 is 10.6 Å². The van der Waals surface area contributed by atoms with Crippen molar-refractivity contribution in [3.63, 3.8) is 0 Å². The first kappa shape index (κ1) is 9.00. The topological polar surface area (TPSA) is 46.3 Å². The standard InChI is InChI=1S/C7H13BrN2O/c1-5(9)7(11)10-3-2-6(8)4-10/h5-6H,2-4,9H2,1H3/t5?,6-/m0/s1. The highest BCUT2D eigenvalue weighted by molar-refractivity contribution is 9.09. The molecule has 1 amide bonds. The van der Waals surface area contributed by atoms with E-state index in [-0.39, 0.29) is 11.9 Å². The van der Waals surface area contributed by atoms with E-state index in [1.165, 1.54) is 0 Å². The van der Waals surface area contributed by atoms with Crippen molar-refractivity contribution >= 4 is 21.8 Å². The molecule has 1 saturated heterocycles. The molecule has 11 heavy (non-hydrogen) atoms. The summed E-state index contributed by atoms with van der Waals surface area (Å²) in [6.45, 7) is 3.38. The average Bonchev–Trinajstić information content (AvgIpc) is 2.34. The summed E-state index contributed by atoms with van der Waals surface area (Å²) in [4.78, 5) is 13.5. The first-order valence-corrected chi connectivity index (χ1v) is 4.71. The molecule has 4 heteroatoms. The lowest BCUT2D eigenvalue weighted by Crippen LogP contribution is -2.40. The maximum atomic E-state index is 11.3. The Labute approximate surface area is 75.1 Å². The number of hydrogen-bond donors (Lipinski definition) is 1. The Balaban J connectivity index is 2.43. The van der Waals surface area contributed by atoms with Crippen molar-refractivity contribution in [3.05, 3.63) is 0 Å². The van der Waals surface area contributed by atoms with Crippen molar-refractivity contribution < 1.29 is 4.79 Å². The number of amides is 1. The molecule has 0 aromatic carbocycles. The van der Waals surface area contributed by atoms with Gasteiger partial charge in [0.15, 0.2) is 0 Å². The number of likely N-dealkylation sites (tertiary alicyclic amines) is 1. The normalized spacial score (nSPS) is 27.2. The first-order chi connectivity index (χ1) is 5.11. The highest BCUT2D eigenvalue weighted by Gasteiger charge is 2.25. The van der Waals surface area contributed by atoms with Gasteiger partial charge in [0.05, 0.1) is 6.04 Å². The van der Waals surface area contributed by atoms with Gasteiger partial charge in [0.1, 0.15) is 0 Å². The highest BCUT2D eigenvalue weighted by Crippen LogP contribution is 2.16. The molecule has 0 saturated carbocycles. The summed E-state index contributed by atoms with van der Waals surface area (Å²) in [5.41, 5.74) is 5.45. The SMILES string of the molecule is CC(N)C(=O)N1CC[C@H](Br)C1. The van der Waals surface area contributed by atoms with Crippen molar-refractivity contribution in [2.45, 2.75) is 24.2 Å². The second-order valence-corrected chi connectivity index (χ2v) is 4.25. The summed E-state index contributed by atoms with van der Waals surface area (Å²) in [5.74, 6) is 0.0620. The third-order valence-electron chi connectivity index (χ3n) is 1.83. The van der Waals surface area contributed by atoms with Crippen LogP contribution >= 0.6 is 15.9 Å². The Bertz CT molecular complexity index is 161. The highest BCUT2D eigenvalue weighted by atomic mass is 79.9. The molecule has 0 aliphatic carbocycles. The van der Waals surface area contributed by atoms with E-state index in [0.29, 0.717) is 4.83 Å². The number of nitrogens with two attached hydrogens (primary N) is 1. The zero-order chi connectivity index (χ0) is 8.43. The van der Waals surface area contributed by atoms with Gasteiger partial charge in [0.25, 0.3) is 0 Å². The number of hydrogen-bond acceptors (Lipinski definition) is 2. The summed E-state index contributed by atoms with van der Waals surface area (Å²) in [6.07, 6.45) is 1.04. The zero-order valence-corrected chi connectivity index (χ0v) is 8.17. The van der Waals surface area contributed by atoms with Crippen LogP contribution in [0, 0.1) is 0 Å². The minimum atomic E-state index is -0.354. The molecular formula is C7H13BrN2O. The smallest absolute Gasteiger partial charge is 0.239 e. The largest absolute Gasteiger partial charge is 0.340 e. The predicted octanol–water partition coefficient (Wildman–Crippen LogP) is 0.329. The fraction of sp³-hybridized carbons (Fsp3) is 0.857. The Morgan fingerprint density at radius 2 is 2.45 bits per heavy atom. The van der Waals surface area contributed by atoms with Gasteiger partial charge in [-0.05, 0) is 13.3 Å². The van der Waals surface area contributed by atoms with Gasteiger partial charge in [-0.2, -0.15) is 0 Å². The molecule has 1 heterocycles. The average molecular weight is 221 g/mol. The Morgan fingerprint density at radius 3 is 2.82 bits per heavy atom. The molecule has 0 bridgehead atoms. The van der Waals surface area contributed by atoms with Crippen molar-refractivity contribution in [2.24, 2.45) is 5.73 Å². The molecule has 0 spiro atoms. The predicted molar refractivity (Wildman–Crippen MR) is 47.6 cm³/mol. The molecule has 2 atom stereocenters. The van der Waals surface area contributed by atoms with Crippen molar-refractivity contribution in [1.29, 1.82) is 0 Å². The van der Waals surface area contributed by atoms with Gasteiger partial charge >= 0.3 is 0 Å². The summed E-state index contributed by atoms with van der Waals surface area (Å²) >= 11 is 3.46. The molecule has 1 unspecified atom stereocenters. The minimum absolute atomic E-state index is 0.0620. The van der Waals surface area contributed by atoms with Crippen LogP contribution in [0.25, 0.3) is 0 Å². The molecule has 2 N–H and O–H groups in total. The number of halogens is 1. The van der Waals surface area contributed by atoms with E-state index in [0.717, 1.165) is 19.5 Å². The summed E-state index contributed by atoms with van der Waals surface area (Å²) in [7, 11) is 0. The van der Waals surface area contributed by atoms with Gasteiger partial charge in [-0.15, -0.1) is 0 Å². The summed E-state index contributed by atoms with van der Waals surface area (Å²) in [6, 6.07) is -0.354. The van der Waals surface area contributed by atoms with Crippen LogP contribution in [-0.2, 0) is 4.79 Å². The number of nitrogens with zero attached hydrogens (tertiary/aromatic N) is 1. The fourth-order valence-corrected chi connectivity index (χ4v) is 1.76. The monoisotopic (exact) mass is 220 g/mol. The summed E-state index contributed by atoms with van der Waals surface area (Å²) < 4.78 is 0. The van der Waals surface area contributed by atoms with E-state index >= 15 is 0 Å². The Morgan fingerprint density at radius 1 is 1.82 bits per heavy atom. The van der Waals surface area contributed by atoms with E-state index in [9.17, 15) is 4.79 Å². The lowest BCUT2D eigenvalue weighted by atomic mass is 10.3. The van der Waals surface area contributed by atoms with E-state index in [4.69, 9.17) is 5.73 Å². The van der Waals surface area contributed by atoms with E-state index in [1.54, 1.807) is 6.92 Å². The lowest BCUT2D eigenvalue weighted by molar-refractivity contribution is -0.131. The third-order valence-corrected chi connectivity index (χ3v) is 2.58. The van der Waals surface area contributed by atoms with Crippen LogP contribution in [0.4, 0.5) is 0 Å². The molecule has 1 fully saturated rings. The van der Waals surface area contributed by atoms with Crippen LogP contribution in [0.1, 0.15) is 13.3 Å². The summed E-state index contributed by atoms with van der Waals surface area (Å²) in [5, 5.41) is 0. The van der Waals surface area contributed by atoms with Crippen molar-refractivity contribution in [3.8, 4) is 0 Å². The second-order valence-electron chi connectivity index (χ2n) is 2.96. The van der Waals surface area contributed by atoms with Gasteiger partial charge in [0.2, 0.25) is 5.91 Å². The van der Waals surface area contributed by atoms with E-state index in [1.807, 2.05) is 4.90 Å². The maximum Gasteiger partial charge on any atom is 0.239 e. The quantitative estimate of drug-likeness (QED) is 0.648. The maximum absolute atomic E-state index is 11.3. The number of carbonyl (C=O) groups is 1. The van der Waals surface area contributed by atoms with Crippen molar-refractivity contribution in [2.75, 3.05) is 13.1 Å². The first-order valence-electron chi connectivity index (χ1n) is 3.79. The number of rotatable bonds is 1. The van der Waals surface area contributed by atoms with E-state index < -0.39 is 0 Å². The van der Waals surface area contributed by atoms with E-state index in [2.05, 4.69) is 15.9 Å². The molecule has 0 aromatic heterocycles. The van der Waals surface area contributed by atoms with Gasteiger partial charge in [-0.3, -0.25) is 4.79 Å². The fourth-order valence-electron chi connectivity index (χ4n) is 1.21.